The largest absolute Gasteiger partial charge is 0.381 e. The molecule has 3 heterocycles. The van der Waals surface area contributed by atoms with Crippen molar-refractivity contribution >= 4 is 6.29 Å². The van der Waals surface area contributed by atoms with Gasteiger partial charge in [0.25, 0.3) is 0 Å². The van der Waals surface area contributed by atoms with E-state index < -0.39 is 0 Å². The number of hydrogen-bond acceptors (Lipinski definition) is 4. The van der Waals surface area contributed by atoms with Gasteiger partial charge >= 0.3 is 0 Å². The van der Waals surface area contributed by atoms with Gasteiger partial charge in [0.05, 0.1) is 24.9 Å². The van der Waals surface area contributed by atoms with E-state index in [9.17, 15) is 4.79 Å². The van der Waals surface area contributed by atoms with Gasteiger partial charge < -0.3 is 9.47 Å². The molecule has 0 spiro atoms. The predicted octanol–water partition coefficient (Wildman–Crippen LogP) is 1.12. The minimum absolute atomic E-state index is 0.355. The summed E-state index contributed by atoms with van der Waals surface area (Å²) in [7, 11) is 0. The maximum atomic E-state index is 11.0. The normalized spacial score (nSPS) is 21.2. The van der Waals surface area contributed by atoms with Crippen LogP contribution in [0.15, 0.2) is 0 Å². The Kier molecular flexibility index (Phi) is 2.94. The smallest absolute Gasteiger partial charge is 0.170 e. The molecule has 0 unspecified atom stereocenters. The molecule has 1 aromatic heterocycles. The summed E-state index contributed by atoms with van der Waals surface area (Å²) < 4.78 is 12.8. The number of carbonyl (C=O) groups excluding carboxylic acids is 1. The second kappa shape index (κ2) is 4.58. The topological polar surface area (TPSA) is 53.4 Å². The molecule has 92 valence electrons. The van der Waals surface area contributed by atoms with Crippen molar-refractivity contribution in [1.82, 2.24) is 9.78 Å². The van der Waals surface area contributed by atoms with E-state index in [2.05, 4.69) is 5.10 Å². The van der Waals surface area contributed by atoms with E-state index in [1.807, 2.05) is 4.68 Å². The van der Waals surface area contributed by atoms with E-state index in [-0.39, 0.29) is 0 Å². The summed E-state index contributed by atoms with van der Waals surface area (Å²) >= 11 is 0. The van der Waals surface area contributed by atoms with Crippen molar-refractivity contribution in [2.24, 2.45) is 0 Å². The van der Waals surface area contributed by atoms with Crippen molar-refractivity contribution in [3.8, 4) is 0 Å². The fourth-order valence-electron chi connectivity index (χ4n) is 2.62. The maximum Gasteiger partial charge on any atom is 0.170 e. The van der Waals surface area contributed by atoms with Crippen LogP contribution in [0.2, 0.25) is 0 Å². The van der Waals surface area contributed by atoms with Crippen molar-refractivity contribution in [2.45, 2.75) is 31.9 Å². The standard InChI is InChI=1S/C12H16N2O3/c15-7-11-10-3-6-17-8-12(10)14(13-11)9-1-4-16-5-2-9/h7,9H,1-6,8H2. The second-order valence-corrected chi connectivity index (χ2v) is 4.52. The third kappa shape index (κ3) is 1.89. The molecule has 0 saturated carbocycles. The summed E-state index contributed by atoms with van der Waals surface area (Å²) in [5.74, 6) is 0. The summed E-state index contributed by atoms with van der Waals surface area (Å²) in [4.78, 5) is 11.0. The average molecular weight is 236 g/mol. The van der Waals surface area contributed by atoms with Crippen molar-refractivity contribution in [1.29, 1.82) is 0 Å². The molecular formula is C12H16N2O3. The minimum Gasteiger partial charge on any atom is -0.381 e. The highest BCUT2D eigenvalue weighted by Crippen LogP contribution is 2.27. The number of hydrogen-bond donors (Lipinski definition) is 0. The summed E-state index contributed by atoms with van der Waals surface area (Å²) in [6.45, 7) is 2.81. The molecule has 0 amide bonds. The van der Waals surface area contributed by atoms with Crippen LogP contribution in [0.1, 0.15) is 40.6 Å². The lowest BCUT2D eigenvalue weighted by Crippen LogP contribution is -2.23. The molecule has 0 N–H and O–H groups in total. The van der Waals surface area contributed by atoms with Gasteiger partial charge in [-0.3, -0.25) is 9.48 Å². The van der Waals surface area contributed by atoms with Crippen LogP contribution < -0.4 is 0 Å². The molecule has 5 heteroatoms. The average Bonchev–Trinajstić information content (AvgIpc) is 2.78. The van der Waals surface area contributed by atoms with Crippen LogP contribution in [0.4, 0.5) is 0 Å². The molecule has 2 aliphatic heterocycles. The van der Waals surface area contributed by atoms with Crippen LogP contribution in [0.25, 0.3) is 0 Å². The molecule has 2 aliphatic rings. The zero-order valence-electron chi connectivity index (χ0n) is 9.72. The highest BCUT2D eigenvalue weighted by Gasteiger charge is 2.26. The van der Waals surface area contributed by atoms with Crippen molar-refractivity contribution in [3.05, 3.63) is 17.0 Å². The summed E-state index contributed by atoms with van der Waals surface area (Å²) in [6.07, 6.45) is 3.59. The summed E-state index contributed by atoms with van der Waals surface area (Å²) in [5.41, 5.74) is 2.76. The molecule has 1 fully saturated rings. The Morgan fingerprint density at radius 2 is 2.06 bits per heavy atom. The quantitative estimate of drug-likeness (QED) is 0.722. The first kappa shape index (κ1) is 10.9. The number of ether oxygens (including phenoxy) is 2. The van der Waals surface area contributed by atoms with Crippen LogP contribution in [0.5, 0.6) is 0 Å². The summed E-state index contributed by atoms with van der Waals surface area (Å²) in [5, 5.41) is 4.45. The molecule has 0 atom stereocenters. The molecule has 0 radical (unpaired) electrons. The van der Waals surface area contributed by atoms with Gasteiger partial charge in [-0.25, -0.2) is 0 Å². The number of aromatic nitrogens is 2. The molecule has 1 aromatic rings. The van der Waals surface area contributed by atoms with E-state index >= 15 is 0 Å². The minimum atomic E-state index is 0.355. The van der Waals surface area contributed by atoms with E-state index in [1.54, 1.807) is 0 Å². The van der Waals surface area contributed by atoms with Gasteiger partial charge in [-0.15, -0.1) is 0 Å². The van der Waals surface area contributed by atoms with Crippen LogP contribution in [0, 0.1) is 0 Å². The zero-order valence-corrected chi connectivity index (χ0v) is 9.72. The zero-order chi connectivity index (χ0) is 11.7. The molecule has 0 aromatic carbocycles. The molecule has 17 heavy (non-hydrogen) atoms. The van der Waals surface area contributed by atoms with Gasteiger partial charge in [-0.2, -0.15) is 5.10 Å². The SMILES string of the molecule is O=Cc1nn(C2CCOCC2)c2c1CCOC2. The van der Waals surface area contributed by atoms with Crippen LogP contribution >= 0.6 is 0 Å². The first-order valence-electron chi connectivity index (χ1n) is 6.11. The molecule has 0 bridgehead atoms. The lowest BCUT2D eigenvalue weighted by Gasteiger charge is -2.25. The Morgan fingerprint density at radius 3 is 2.82 bits per heavy atom. The second-order valence-electron chi connectivity index (χ2n) is 4.52. The Hall–Kier alpha value is -1.20. The van der Waals surface area contributed by atoms with E-state index in [0.29, 0.717) is 24.9 Å². The van der Waals surface area contributed by atoms with Gasteiger partial charge in [0, 0.05) is 18.8 Å². The number of fused-ring (bicyclic) bond motifs is 1. The monoisotopic (exact) mass is 236 g/mol. The van der Waals surface area contributed by atoms with Crippen LogP contribution in [-0.2, 0) is 22.5 Å². The number of aldehydes is 1. The van der Waals surface area contributed by atoms with Crippen LogP contribution in [0.3, 0.4) is 0 Å². The highest BCUT2D eigenvalue weighted by molar-refractivity contribution is 5.74. The van der Waals surface area contributed by atoms with Gasteiger partial charge in [0.2, 0.25) is 0 Å². The number of nitrogens with zero attached hydrogens (tertiary/aromatic N) is 2. The summed E-state index contributed by atoms with van der Waals surface area (Å²) in [6, 6.07) is 0.355. The number of carbonyl (C=O) groups is 1. The lowest BCUT2D eigenvalue weighted by atomic mass is 10.1. The lowest BCUT2D eigenvalue weighted by molar-refractivity contribution is 0.0589. The van der Waals surface area contributed by atoms with E-state index in [1.165, 1.54) is 0 Å². The number of rotatable bonds is 2. The first-order chi connectivity index (χ1) is 8.40. The first-order valence-corrected chi connectivity index (χ1v) is 6.11. The predicted molar refractivity (Wildman–Crippen MR) is 60.1 cm³/mol. The van der Waals surface area contributed by atoms with Gasteiger partial charge in [-0.05, 0) is 19.3 Å². The van der Waals surface area contributed by atoms with Gasteiger partial charge in [0.15, 0.2) is 6.29 Å². The molecule has 0 aliphatic carbocycles. The highest BCUT2D eigenvalue weighted by atomic mass is 16.5. The van der Waals surface area contributed by atoms with Crippen molar-refractivity contribution in [3.63, 3.8) is 0 Å². The molecular weight excluding hydrogens is 220 g/mol. The third-order valence-electron chi connectivity index (χ3n) is 3.53. The fraction of sp³-hybridized carbons (Fsp3) is 0.667. The molecule has 5 nitrogen and oxygen atoms in total. The van der Waals surface area contributed by atoms with Gasteiger partial charge in [-0.1, -0.05) is 0 Å². The van der Waals surface area contributed by atoms with Gasteiger partial charge in [0.1, 0.15) is 5.69 Å². The Balaban J connectivity index is 1.97. The Morgan fingerprint density at radius 1 is 1.24 bits per heavy atom. The Labute approximate surface area is 99.7 Å². The van der Waals surface area contributed by atoms with Crippen molar-refractivity contribution < 1.29 is 14.3 Å². The van der Waals surface area contributed by atoms with E-state index in [4.69, 9.17) is 9.47 Å². The third-order valence-corrected chi connectivity index (χ3v) is 3.53. The van der Waals surface area contributed by atoms with Crippen LogP contribution in [-0.4, -0.2) is 35.9 Å². The molecule has 1 saturated heterocycles. The van der Waals surface area contributed by atoms with E-state index in [0.717, 1.165) is 50.0 Å². The Bertz CT molecular complexity index is 422. The molecule has 3 rings (SSSR count). The fourth-order valence-corrected chi connectivity index (χ4v) is 2.62. The van der Waals surface area contributed by atoms with Crippen molar-refractivity contribution in [2.75, 3.05) is 19.8 Å². The maximum absolute atomic E-state index is 11.0.